The van der Waals surface area contributed by atoms with Crippen LogP contribution in [-0.4, -0.2) is 39.7 Å². The topological polar surface area (TPSA) is 65.0 Å². The molecule has 0 unspecified atom stereocenters. The zero-order chi connectivity index (χ0) is 16.0. The monoisotopic (exact) mass is 304 g/mol. The van der Waals surface area contributed by atoms with Gasteiger partial charge >= 0.3 is 5.97 Å². The van der Waals surface area contributed by atoms with Crippen LogP contribution < -0.4 is 0 Å². The lowest BCUT2D eigenvalue weighted by molar-refractivity contribution is -0.150. The van der Waals surface area contributed by atoms with E-state index >= 15 is 0 Å². The van der Waals surface area contributed by atoms with Crippen molar-refractivity contribution in [2.75, 3.05) is 20.3 Å². The summed E-state index contributed by atoms with van der Waals surface area (Å²) in [6.07, 6.45) is 0.477. The fraction of sp³-hybridized carbons (Fsp3) is 0.786. The summed E-state index contributed by atoms with van der Waals surface area (Å²) in [5.74, 6) is 0.154. The number of aliphatic hydroxyl groups is 1. The van der Waals surface area contributed by atoms with Crippen LogP contribution in [0.5, 0.6) is 0 Å². The highest BCUT2D eigenvalue weighted by atomic mass is 28.4. The predicted molar refractivity (Wildman–Crippen MR) is 80.6 cm³/mol. The van der Waals surface area contributed by atoms with Gasteiger partial charge < -0.3 is 19.0 Å². The third kappa shape index (κ3) is 6.95. The molecule has 20 heavy (non-hydrogen) atoms. The SMILES string of the molecule is COC(=O)C(C)(C)C/C(C)=C(/OCCO)O[Si](C)(C)C. The summed E-state index contributed by atoms with van der Waals surface area (Å²) in [6, 6.07) is 0. The lowest BCUT2D eigenvalue weighted by Crippen LogP contribution is -2.29. The van der Waals surface area contributed by atoms with Gasteiger partial charge in [0.2, 0.25) is 8.32 Å². The Hall–Kier alpha value is -1.01. The molecule has 1 N–H and O–H groups in total. The molecule has 0 amide bonds. The molecule has 5 nitrogen and oxygen atoms in total. The van der Waals surface area contributed by atoms with Crippen molar-refractivity contribution in [1.82, 2.24) is 0 Å². The van der Waals surface area contributed by atoms with Crippen molar-refractivity contribution in [3.63, 3.8) is 0 Å². The Balaban J connectivity index is 5.12. The van der Waals surface area contributed by atoms with E-state index in [-0.39, 0.29) is 19.2 Å². The highest BCUT2D eigenvalue weighted by molar-refractivity contribution is 6.70. The molecule has 6 heteroatoms. The number of carbonyl (C=O) groups is 1. The Bertz CT molecular complexity index is 355. The highest BCUT2D eigenvalue weighted by Crippen LogP contribution is 2.29. The van der Waals surface area contributed by atoms with Crippen LogP contribution in [0.15, 0.2) is 11.5 Å². The number of methoxy groups -OCH3 is 1. The average molecular weight is 304 g/mol. The van der Waals surface area contributed by atoms with Crippen LogP contribution in [0, 0.1) is 5.41 Å². The molecular weight excluding hydrogens is 276 g/mol. The fourth-order valence-electron chi connectivity index (χ4n) is 1.74. The number of rotatable bonds is 8. The van der Waals surface area contributed by atoms with E-state index in [1.54, 1.807) is 0 Å². The van der Waals surface area contributed by atoms with Gasteiger partial charge in [-0.2, -0.15) is 0 Å². The molecule has 0 saturated carbocycles. The van der Waals surface area contributed by atoms with Crippen molar-refractivity contribution >= 4 is 14.3 Å². The van der Waals surface area contributed by atoms with E-state index in [1.807, 2.05) is 40.4 Å². The first-order valence-corrected chi connectivity index (χ1v) is 10.1. The lowest BCUT2D eigenvalue weighted by Gasteiger charge is -2.26. The van der Waals surface area contributed by atoms with E-state index in [9.17, 15) is 4.79 Å². The fourth-order valence-corrected chi connectivity index (χ4v) is 2.53. The molecule has 0 rings (SSSR count). The minimum atomic E-state index is -1.82. The number of esters is 1. The van der Waals surface area contributed by atoms with Gasteiger partial charge in [0.05, 0.1) is 19.1 Å². The van der Waals surface area contributed by atoms with Gasteiger partial charge in [0.15, 0.2) is 0 Å². The molecule has 0 spiro atoms. The molecule has 0 heterocycles. The number of allylic oxidation sites excluding steroid dienone is 1. The number of ether oxygens (including phenoxy) is 2. The summed E-state index contributed by atoms with van der Waals surface area (Å²) in [5, 5.41) is 8.89. The van der Waals surface area contributed by atoms with Crippen molar-refractivity contribution < 1.29 is 23.8 Å². The summed E-state index contributed by atoms with van der Waals surface area (Å²) in [7, 11) is -0.445. The number of aliphatic hydroxyl groups excluding tert-OH is 1. The Labute approximate surface area is 123 Å². The summed E-state index contributed by atoms with van der Waals surface area (Å²) < 4.78 is 16.2. The Morgan fingerprint density at radius 2 is 1.80 bits per heavy atom. The molecule has 0 bridgehead atoms. The van der Waals surface area contributed by atoms with Crippen molar-refractivity contribution in [2.45, 2.75) is 46.8 Å². The van der Waals surface area contributed by atoms with Crippen LogP contribution in [-0.2, 0) is 18.7 Å². The van der Waals surface area contributed by atoms with Crippen molar-refractivity contribution in [3.8, 4) is 0 Å². The molecule has 0 aromatic carbocycles. The van der Waals surface area contributed by atoms with Crippen LogP contribution in [0.4, 0.5) is 0 Å². The van der Waals surface area contributed by atoms with Crippen LogP contribution in [0.3, 0.4) is 0 Å². The molecular formula is C14H28O5Si. The first kappa shape index (κ1) is 19.0. The van der Waals surface area contributed by atoms with Gasteiger partial charge in [0.1, 0.15) is 6.61 Å². The second-order valence-corrected chi connectivity index (χ2v) is 10.8. The zero-order valence-electron chi connectivity index (χ0n) is 13.7. The van der Waals surface area contributed by atoms with Gasteiger partial charge in [0, 0.05) is 5.57 Å². The van der Waals surface area contributed by atoms with Gasteiger partial charge in [-0.15, -0.1) is 0 Å². The van der Waals surface area contributed by atoms with Gasteiger partial charge in [-0.1, -0.05) is 0 Å². The third-order valence-corrected chi connectivity index (χ3v) is 3.31. The third-order valence-electron chi connectivity index (χ3n) is 2.52. The minimum Gasteiger partial charge on any atom is -0.520 e. The van der Waals surface area contributed by atoms with Gasteiger partial charge in [-0.3, -0.25) is 4.79 Å². The van der Waals surface area contributed by atoms with Crippen molar-refractivity contribution in [3.05, 3.63) is 11.5 Å². The maximum absolute atomic E-state index is 11.7. The van der Waals surface area contributed by atoms with E-state index in [2.05, 4.69) is 0 Å². The highest BCUT2D eigenvalue weighted by Gasteiger charge is 2.31. The van der Waals surface area contributed by atoms with E-state index < -0.39 is 13.7 Å². The molecule has 118 valence electrons. The second kappa shape index (κ2) is 7.69. The van der Waals surface area contributed by atoms with Crippen LogP contribution in [0.25, 0.3) is 0 Å². The Kier molecular flexibility index (Phi) is 7.30. The Morgan fingerprint density at radius 1 is 1.25 bits per heavy atom. The summed E-state index contributed by atoms with van der Waals surface area (Å²) in [5.41, 5.74) is 0.200. The van der Waals surface area contributed by atoms with Crippen molar-refractivity contribution in [1.29, 1.82) is 0 Å². The molecule has 0 aliphatic rings. The first-order chi connectivity index (χ1) is 9.03. The normalized spacial score (nSPS) is 13.6. The second-order valence-electron chi connectivity index (χ2n) is 6.41. The minimum absolute atomic E-state index is 0.0771. The molecule has 0 radical (unpaired) electrons. The molecule has 0 aliphatic heterocycles. The first-order valence-electron chi connectivity index (χ1n) is 6.74. The number of hydrogen-bond donors (Lipinski definition) is 1. The maximum atomic E-state index is 11.7. The van der Waals surface area contributed by atoms with Gasteiger partial charge in [-0.05, 0) is 46.8 Å². The number of carbonyl (C=O) groups excluding carboxylic acids is 1. The zero-order valence-corrected chi connectivity index (χ0v) is 14.7. The quantitative estimate of drug-likeness (QED) is 0.424. The predicted octanol–water partition coefficient (Wildman–Crippen LogP) is 2.67. The Morgan fingerprint density at radius 3 is 2.20 bits per heavy atom. The van der Waals surface area contributed by atoms with Crippen LogP contribution in [0.1, 0.15) is 27.2 Å². The number of hydrogen-bond acceptors (Lipinski definition) is 5. The largest absolute Gasteiger partial charge is 0.520 e. The van der Waals surface area contributed by atoms with Crippen molar-refractivity contribution in [2.24, 2.45) is 5.41 Å². The van der Waals surface area contributed by atoms with Gasteiger partial charge in [-0.25, -0.2) is 0 Å². The standard InChI is InChI=1S/C14H28O5Si/c1-11(10-14(2,3)13(16)17-4)12(18-9-8-15)19-20(5,6)7/h15H,8-10H2,1-7H3/b12-11-. The molecule has 0 aromatic heterocycles. The average Bonchev–Trinajstić information content (AvgIpc) is 2.31. The van der Waals surface area contributed by atoms with E-state index in [0.717, 1.165) is 5.57 Å². The van der Waals surface area contributed by atoms with E-state index in [1.165, 1.54) is 7.11 Å². The molecule has 0 saturated heterocycles. The molecule has 0 aliphatic carbocycles. The molecule has 0 aromatic rings. The van der Waals surface area contributed by atoms with Gasteiger partial charge in [0.25, 0.3) is 5.95 Å². The summed E-state index contributed by atoms with van der Waals surface area (Å²) in [6.45, 7) is 11.8. The van der Waals surface area contributed by atoms with Crippen LogP contribution in [0.2, 0.25) is 19.6 Å². The smallest absolute Gasteiger partial charge is 0.311 e. The summed E-state index contributed by atoms with van der Waals surface area (Å²) >= 11 is 0. The van der Waals surface area contributed by atoms with E-state index in [4.69, 9.17) is 19.0 Å². The van der Waals surface area contributed by atoms with E-state index in [0.29, 0.717) is 12.4 Å². The van der Waals surface area contributed by atoms with Crippen LogP contribution >= 0.6 is 0 Å². The lowest BCUT2D eigenvalue weighted by atomic mass is 9.86. The summed E-state index contributed by atoms with van der Waals surface area (Å²) in [4.78, 5) is 11.7. The maximum Gasteiger partial charge on any atom is 0.311 e. The molecule has 0 fully saturated rings. The molecule has 0 atom stereocenters.